The van der Waals surface area contributed by atoms with Crippen LogP contribution in [0.5, 0.6) is 5.88 Å². The number of pyridine rings is 2. The van der Waals surface area contributed by atoms with Crippen LogP contribution in [0.3, 0.4) is 0 Å². The zero-order valence-corrected chi connectivity index (χ0v) is 19.8. The van der Waals surface area contributed by atoms with Crippen molar-refractivity contribution in [2.75, 3.05) is 23.5 Å². The third-order valence-corrected chi connectivity index (χ3v) is 7.41. The van der Waals surface area contributed by atoms with E-state index in [2.05, 4.69) is 25.9 Å². The van der Waals surface area contributed by atoms with Crippen LogP contribution in [-0.4, -0.2) is 40.7 Å². The number of amides is 2. The van der Waals surface area contributed by atoms with Gasteiger partial charge >= 0.3 is 0 Å². The van der Waals surface area contributed by atoms with Crippen LogP contribution in [0.2, 0.25) is 0 Å². The van der Waals surface area contributed by atoms with E-state index in [0.29, 0.717) is 35.7 Å². The molecule has 0 radical (unpaired) electrons. The summed E-state index contributed by atoms with van der Waals surface area (Å²) in [4.78, 5) is 34.7. The highest BCUT2D eigenvalue weighted by atomic mass is 32.2. The van der Waals surface area contributed by atoms with Crippen molar-refractivity contribution in [3.05, 3.63) is 48.2 Å². The minimum absolute atomic E-state index is 0.00914. The van der Waals surface area contributed by atoms with E-state index >= 15 is 0 Å². The molecule has 0 saturated heterocycles. The minimum atomic E-state index is -0.0204. The Hall–Kier alpha value is -3.17. The highest BCUT2D eigenvalue weighted by molar-refractivity contribution is 8.00. The van der Waals surface area contributed by atoms with Gasteiger partial charge in [-0.2, -0.15) is 0 Å². The van der Waals surface area contributed by atoms with E-state index in [-0.39, 0.29) is 17.7 Å². The minimum Gasteiger partial charge on any atom is -0.481 e. The number of nitrogens with one attached hydrogen (secondary N) is 3. The number of methoxy groups -OCH3 is 1. The molecular weight excluding hydrogens is 450 g/mol. The van der Waals surface area contributed by atoms with E-state index in [9.17, 15) is 9.59 Å². The average molecular weight is 478 g/mol. The number of carbonyl (C=O) groups excluding carboxylic acids is 2. The molecule has 1 saturated carbocycles. The number of ether oxygens (including phenoxy) is 1. The Morgan fingerprint density at radius 2 is 1.97 bits per heavy atom. The maximum absolute atomic E-state index is 13.0. The van der Waals surface area contributed by atoms with E-state index < -0.39 is 0 Å². The van der Waals surface area contributed by atoms with Crippen molar-refractivity contribution in [1.29, 1.82) is 0 Å². The van der Waals surface area contributed by atoms with E-state index in [1.165, 1.54) is 11.8 Å². The van der Waals surface area contributed by atoms with Crippen molar-refractivity contribution in [3.8, 4) is 5.88 Å². The van der Waals surface area contributed by atoms with E-state index in [4.69, 9.17) is 4.74 Å². The van der Waals surface area contributed by atoms with Crippen molar-refractivity contribution in [1.82, 2.24) is 15.3 Å². The molecule has 1 aromatic carbocycles. The molecule has 1 fully saturated rings. The molecule has 3 heterocycles. The summed E-state index contributed by atoms with van der Waals surface area (Å²) < 4.78 is 5.24. The summed E-state index contributed by atoms with van der Waals surface area (Å²) in [6, 6.07) is 13.9. The van der Waals surface area contributed by atoms with Crippen molar-refractivity contribution in [2.24, 2.45) is 5.92 Å². The smallest absolute Gasteiger partial charge is 0.235 e. The van der Waals surface area contributed by atoms with Gasteiger partial charge in [0.1, 0.15) is 5.82 Å². The number of hydrogen-bond acceptors (Lipinski definition) is 7. The second-order valence-electron chi connectivity index (χ2n) is 8.64. The van der Waals surface area contributed by atoms with Gasteiger partial charge in [-0.05, 0) is 49.9 Å². The predicted molar refractivity (Wildman–Crippen MR) is 133 cm³/mol. The number of aromatic nitrogens is 2. The molecular formula is C25H27N5O3S. The predicted octanol–water partition coefficient (Wildman–Crippen LogP) is 3.97. The largest absolute Gasteiger partial charge is 0.481 e. The fraction of sp³-hybridized carbons (Fsp3) is 0.360. The summed E-state index contributed by atoms with van der Waals surface area (Å²) in [5.74, 6) is 1.63. The zero-order valence-electron chi connectivity index (χ0n) is 19.0. The molecule has 5 rings (SSSR count). The number of fused-ring (bicyclic) bond motifs is 2. The second-order valence-corrected chi connectivity index (χ2v) is 9.65. The van der Waals surface area contributed by atoms with Crippen molar-refractivity contribution >= 4 is 46.0 Å². The molecule has 34 heavy (non-hydrogen) atoms. The van der Waals surface area contributed by atoms with Crippen LogP contribution in [0.25, 0.3) is 10.9 Å². The SMILES string of the molecule is COc1ccc2cccc(NC(=O)C3CCC(NCc4ccc5c(n4)NC(=O)CS5)CC3)c2n1. The average Bonchev–Trinajstić information content (AvgIpc) is 2.87. The monoisotopic (exact) mass is 477 g/mol. The van der Waals surface area contributed by atoms with Gasteiger partial charge in [0.15, 0.2) is 0 Å². The highest BCUT2D eigenvalue weighted by Crippen LogP contribution is 2.31. The lowest BCUT2D eigenvalue weighted by Gasteiger charge is -2.28. The lowest BCUT2D eigenvalue weighted by atomic mass is 9.85. The Bertz CT molecular complexity index is 1230. The Morgan fingerprint density at radius 3 is 2.79 bits per heavy atom. The van der Waals surface area contributed by atoms with Crippen LogP contribution in [0.4, 0.5) is 11.5 Å². The highest BCUT2D eigenvalue weighted by Gasteiger charge is 2.27. The first-order chi connectivity index (χ1) is 16.6. The van der Waals surface area contributed by atoms with Crippen LogP contribution in [0.1, 0.15) is 31.4 Å². The van der Waals surface area contributed by atoms with Gasteiger partial charge in [-0.1, -0.05) is 12.1 Å². The van der Waals surface area contributed by atoms with Crippen molar-refractivity contribution < 1.29 is 14.3 Å². The standard InChI is InChI=1S/C25H27N5O3S/c1-33-22-12-7-15-3-2-4-19(23(15)30-22)28-25(32)16-5-8-17(9-6-16)26-13-18-10-11-20-24(27-18)29-21(31)14-34-20/h2-4,7,10-12,16-17,26H,5-6,8-9,13-14H2,1H3,(H,28,32)(H,27,29,31). The molecule has 0 unspecified atom stereocenters. The first-order valence-corrected chi connectivity index (χ1v) is 12.5. The molecule has 0 atom stereocenters. The van der Waals surface area contributed by atoms with Gasteiger partial charge in [0.2, 0.25) is 17.7 Å². The molecule has 0 bridgehead atoms. The summed E-state index contributed by atoms with van der Waals surface area (Å²) in [7, 11) is 1.58. The Labute approximate surface area is 202 Å². The molecule has 3 aromatic rings. The number of hydrogen-bond donors (Lipinski definition) is 3. The molecule has 2 aromatic heterocycles. The van der Waals surface area contributed by atoms with Crippen LogP contribution in [0, 0.1) is 5.92 Å². The third-order valence-electron chi connectivity index (χ3n) is 6.36. The van der Waals surface area contributed by atoms with Crippen molar-refractivity contribution in [3.63, 3.8) is 0 Å². The van der Waals surface area contributed by atoms with Gasteiger partial charge in [-0.25, -0.2) is 9.97 Å². The number of carbonyl (C=O) groups is 2. The zero-order chi connectivity index (χ0) is 23.5. The summed E-state index contributed by atoms with van der Waals surface area (Å²) in [6.07, 6.45) is 3.51. The molecule has 176 valence electrons. The number of thioether (sulfide) groups is 1. The fourth-order valence-corrected chi connectivity index (χ4v) is 5.25. The Morgan fingerprint density at radius 1 is 1.12 bits per heavy atom. The van der Waals surface area contributed by atoms with Gasteiger partial charge in [0.25, 0.3) is 0 Å². The van der Waals surface area contributed by atoms with Gasteiger partial charge in [-0.3, -0.25) is 9.59 Å². The van der Waals surface area contributed by atoms with Crippen LogP contribution in [-0.2, 0) is 16.1 Å². The Kier molecular flexibility index (Phi) is 6.64. The number of benzene rings is 1. The molecule has 2 amide bonds. The maximum Gasteiger partial charge on any atom is 0.235 e. The van der Waals surface area contributed by atoms with Gasteiger partial charge < -0.3 is 20.7 Å². The van der Waals surface area contributed by atoms with Crippen molar-refractivity contribution in [2.45, 2.75) is 43.2 Å². The third kappa shape index (κ3) is 5.00. The summed E-state index contributed by atoms with van der Waals surface area (Å²) in [5.41, 5.74) is 2.35. The molecule has 8 nitrogen and oxygen atoms in total. The summed E-state index contributed by atoms with van der Waals surface area (Å²) in [5, 5.41) is 10.4. The molecule has 2 aliphatic rings. The molecule has 1 aliphatic carbocycles. The van der Waals surface area contributed by atoms with E-state index in [1.54, 1.807) is 7.11 Å². The van der Waals surface area contributed by atoms with Crippen LogP contribution in [0.15, 0.2) is 47.4 Å². The first-order valence-electron chi connectivity index (χ1n) is 11.5. The first kappa shape index (κ1) is 22.6. The summed E-state index contributed by atoms with van der Waals surface area (Å²) in [6.45, 7) is 0.638. The van der Waals surface area contributed by atoms with Crippen LogP contribution < -0.4 is 20.7 Å². The number of rotatable bonds is 6. The maximum atomic E-state index is 13.0. The number of para-hydroxylation sites is 1. The quantitative estimate of drug-likeness (QED) is 0.493. The molecule has 3 N–H and O–H groups in total. The lowest BCUT2D eigenvalue weighted by Crippen LogP contribution is -2.36. The van der Waals surface area contributed by atoms with Gasteiger partial charge in [0.05, 0.1) is 34.7 Å². The van der Waals surface area contributed by atoms with Gasteiger partial charge in [0, 0.05) is 30.0 Å². The Balaban J connectivity index is 1.14. The molecule has 0 spiro atoms. The lowest BCUT2D eigenvalue weighted by molar-refractivity contribution is -0.121. The van der Waals surface area contributed by atoms with Gasteiger partial charge in [-0.15, -0.1) is 11.8 Å². The molecule has 9 heteroatoms. The van der Waals surface area contributed by atoms with E-state index in [0.717, 1.165) is 47.2 Å². The fourth-order valence-electron chi connectivity index (χ4n) is 4.49. The second kappa shape index (κ2) is 9.99. The van der Waals surface area contributed by atoms with Crippen LogP contribution >= 0.6 is 11.8 Å². The number of anilines is 2. The summed E-state index contributed by atoms with van der Waals surface area (Å²) >= 11 is 1.51. The molecule has 1 aliphatic heterocycles. The topological polar surface area (TPSA) is 105 Å². The van der Waals surface area contributed by atoms with E-state index in [1.807, 2.05) is 42.5 Å². The number of nitrogens with zero attached hydrogens (tertiary/aromatic N) is 2. The normalized spacial score (nSPS) is 19.9.